The number of carbonyl (C=O) groups is 1. The molecule has 0 aromatic heterocycles. The molecular formula is C13H19F5N2O2S. The Kier molecular flexibility index (Phi) is 4.44. The molecule has 1 fully saturated rings. The van der Waals surface area contributed by atoms with E-state index in [2.05, 4.69) is 0 Å². The van der Waals surface area contributed by atoms with Crippen LogP contribution in [0.4, 0.5) is 25.1 Å². The Labute approximate surface area is 131 Å². The number of carboxylic acids is 1. The summed E-state index contributed by atoms with van der Waals surface area (Å²) in [6.45, 7) is 1.75. The molecule has 1 N–H and O–H groups in total. The number of rotatable bonds is 3. The van der Waals surface area contributed by atoms with Gasteiger partial charge in [0, 0.05) is 31.9 Å². The number of piperazine rings is 1. The monoisotopic (exact) mass is 362 g/mol. The van der Waals surface area contributed by atoms with E-state index in [-0.39, 0.29) is 19.2 Å². The molecule has 23 heavy (non-hydrogen) atoms. The van der Waals surface area contributed by atoms with Crippen LogP contribution in [0, 0.1) is 0 Å². The standard InChI is InChI=1S/C12H15F5N2O2S.CH4/c1-18-2-4-19(5-3-18)10-6-9(12(20)21)7-11(8-10)22(13,14,15,16)17;/h6-8H,2-5H2,1H3,(H,20,21);1H4. The molecule has 0 unspecified atom stereocenters. The van der Waals surface area contributed by atoms with E-state index in [4.69, 9.17) is 5.11 Å². The van der Waals surface area contributed by atoms with Crippen LogP contribution >= 0.6 is 10.2 Å². The third-order valence-corrected chi connectivity index (χ3v) is 4.58. The highest BCUT2D eigenvalue weighted by molar-refractivity contribution is 8.45. The van der Waals surface area contributed by atoms with E-state index in [1.807, 2.05) is 11.9 Å². The van der Waals surface area contributed by atoms with E-state index in [9.17, 15) is 24.2 Å². The summed E-state index contributed by atoms with van der Waals surface area (Å²) in [6, 6.07) is 1.31. The first-order valence-corrected chi connectivity index (χ1v) is 8.27. The van der Waals surface area contributed by atoms with Crippen LogP contribution < -0.4 is 4.90 Å². The van der Waals surface area contributed by atoms with Crippen LogP contribution in [0.1, 0.15) is 17.8 Å². The average Bonchev–Trinajstić information content (AvgIpc) is 2.36. The van der Waals surface area contributed by atoms with Crippen molar-refractivity contribution in [2.24, 2.45) is 0 Å². The summed E-state index contributed by atoms with van der Waals surface area (Å²) < 4.78 is 64.9. The van der Waals surface area contributed by atoms with Crippen LogP contribution in [0.2, 0.25) is 0 Å². The van der Waals surface area contributed by atoms with Crippen LogP contribution in [0.3, 0.4) is 0 Å². The Bertz CT molecular complexity index is 612. The fourth-order valence-electron chi connectivity index (χ4n) is 2.18. The molecule has 1 aromatic carbocycles. The van der Waals surface area contributed by atoms with E-state index < -0.39 is 26.7 Å². The van der Waals surface area contributed by atoms with Crippen molar-refractivity contribution in [1.82, 2.24) is 4.90 Å². The fourth-order valence-corrected chi connectivity index (χ4v) is 2.87. The van der Waals surface area contributed by atoms with Gasteiger partial charge in [-0.15, -0.1) is 0 Å². The summed E-state index contributed by atoms with van der Waals surface area (Å²) in [5.74, 6) is -1.68. The zero-order valence-corrected chi connectivity index (χ0v) is 12.4. The molecule has 1 heterocycles. The topological polar surface area (TPSA) is 43.8 Å². The highest BCUT2D eigenvalue weighted by Crippen LogP contribution is 3.02. The van der Waals surface area contributed by atoms with Crippen molar-refractivity contribution < 1.29 is 29.3 Å². The second kappa shape index (κ2) is 5.23. The summed E-state index contributed by atoms with van der Waals surface area (Å²) in [4.78, 5) is 12.2. The second-order valence-electron chi connectivity index (χ2n) is 5.28. The van der Waals surface area contributed by atoms with E-state index in [1.165, 1.54) is 4.90 Å². The van der Waals surface area contributed by atoms with Gasteiger partial charge in [0.05, 0.1) is 5.56 Å². The van der Waals surface area contributed by atoms with Crippen LogP contribution in [0.15, 0.2) is 23.1 Å². The Hall–Kier alpha value is -1.55. The van der Waals surface area contributed by atoms with Crippen LogP contribution in [-0.2, 0) is 0 Å². The van der Waals surface area contributed by atoms with E-state index in [1.54, 1.807) is 0 Å². The number of halogens is 5. The molecule has 0 bridgehead atoms. The smallest absolute Gasteiger partial charge is 0.335 e. The molecule has 134 valence electrons. The minimum absolute atomic E-state index is 0. The summed E-state index contributed by atoms with van der Waals surface area (Å²) in [7, 11) is -8.11. The van der Waals surface area contributed by atoms with Crippen molar-refractivity contribution in [1.29, 1.82) is 0 Å². The first kappa shape index (κ1) is 19.5. The van der Waals surface area contributed by atoms with Crippen LogP contribution in [0.25, 0.3) is 0 Å². The Balaban J connectivity index is 0.00000264. The minimum atomic E-state index is -9.93. The van der Waals surface area contributed by atoms with Gasteiger partial charge in [-0.05, 0) is 25.2 Å². The molecule has 0 atom stereocenters. The maximum Gasteiger partial charge on any atom is 0.335 e. The lowest BCUT2D eigenvalue weighted by Gasteiger charge is -2.41. The third-order valence-electron chi connectivity index (χ3n) is 3.45. The van der Waals surface area contributed by atoms with Crippen molar-refractivity contribution in [3.8, 4) is 0 Å². The number of hydrogen-bond acceptors (Lipinski definition) is 3. The molecule has 0 saturated carbocycles. The number of anilines is 1. The molecule has 0 radical (unpaired) electrons. The van der Waals surface area contributed by atoms with Crippen LogP contribution in [0.5, 0.6) is 0 Å². The first-order chi connectivity index (χ1) is 9.76. The van der Waals surface area contributed by atoms with E-state index >= 15 is 0 Å². The largest absolute Gasteiger partial charge is 0.478 e. The lowest BCUT2D eigenvalue weighted by molar-refractivity contribution is 0.0696. The van der Waals surface area contributed by atoms with Crippen molar-refractivity contribution in [3.63, 3.8) is 0 Å². The summed E-state index contributed by atoms with van der Waals surface area (Å²) in [5, 5.41) is 8.88. The van der Waals surface area contributed by atoms with E-state index in [0.717, 1.165) is 6.07 Å². The maximum atomic E-state index is 13.0. The van der Waals surface area contributed by atoms with Gasteiger partial charge in [0.2, 0.25) is 0 Å². The van der Waals surface area contributed by atoms with Gasteiger partial charge >= 0.3 is 16.2 Å². The normalized spacial score (nSPS) is 19.5. The SMILES string of the molecule is C.CN1CCN(c2cc(C(=O)O)cc(S(F)(F)(F)(F)F)c2)CC1. The zero-order valence-electron chi connectivity index (χ0n) is 11.6. The minimum Gasteiger partial charge on any atom is -0.478 e. The summed E-state index contributed by atoms with van der Waals surface area (Å²) in [6.07, 6.45) is 0. The molecule has 0 amide bonds. The zero-order chi connectivity index (χ0) is 16.8. The van der Waals surface area contributed by atoms with Crippen LogP contribution in [-0.4, -0.2) is 49.2 Å². The summed E-state index contributed by atoms with van der Waals surface area (Å²) in [5.41, 5.74) is -0.962. The Morgan fingerprint density at radius 3 is 2.00 bits per heavy atom. The number of nitrogens with zero attached hydrogens (tertiary/aromatic N) is 2. The fraction of sp³-hybridized carbons (Fsp3) is 0.462. The molecule has 0 aliphatic carbocycles. The first-order valence-electron chi connectivity index (χ1n) is 6.32. The molecule has 1 saturated heterocycles. The quantitative estimate of drug-likeness (QED) is 0.808. The molecule has 1 aliphatic heterocycles. The van der Waals surface area contributed by atoms with Gasteiger partial charge in [0.25, 0.3) is 0 Å². The summed E-state index contributed by atoms with van der Waals surface area (Å²) >= 11 is 0. The van der Waals surface area contributed by atoms with Crippen molar-refractivity contribution in [2.75, 3.05) is 38.1 Å². The van der Waals surface area contributed by atoms with Gasteiger partial charge in [0.1, 0.15) is 4.90 Å². The highest BCUT2D eigenvalue weighted by Gasteiger charge is 2.65. The van der Waals surface area contributed by atoms with Gasteiger partial charge in [-0.3, -0.25) is 0 Å². The molecule has 2 rings (SSSR count). The van der Waals surface area contributed by atoms with Gasteiger partial charge < -0.3 is 14.9 Å². The number of carboxylic acid groups (broad SMARTS) is 1. The molecule has 1 aliphatic rings. The molecule has 0 spiro atoms. The molecular weight excluding hydrogens is 343 g/mol. The lowest BCUT2D eigenvalue weighted by atomic mass is 10.1. The van der Waals surface area contributed by atoms with Gasteiger partial charge in [0.15, 0.2) is 0 Å². The van der Waals surface area contributed by atoms with Crippen molar-refractivity contribution in [3.05, 3.63) is 23.8 Å². The predicted octanol–water partition coefficient (Wildman–Crippen LogP) is 4.43. The number of benzene rings is 1. The number of hydrogen-bond donors (Lipinski definition) is 1. The van der Waals surface area contributed by atoms with Gasteiger partial charge in [-0.1, -0.05) is 26.9 Å². The lowest BCUT2D eigenvalue weighted by Crippen LogP contribution is -2.44. The third kappa shape index (κ3) is 4.71. The van der Waals surface area contributed by atoms with Crippen molar-refractivity contribution in [2.45, 2.75) is 12.3 Å². The average molecular weight is 362 g/mol. The van der Waals surface area contributed by atoms with Gasteiger partial charge in [-0.25, -0.2) is 4.79 Å². The number of likely N-dealkylation sites (N-methyl/N-ethyl adjacent to an activating group) is 1. The maximum absolute atomic E-state index is 13.0. The molecule has 10 heteroatoms. The Morgan fingerprint density at radius 2 is 1.57 bits per heavy atom. The predicted molar refractivity (Wildman–Crippen MR) is 81.2 cm³/mol. The van der Waals surface area contributed by atoms with Crippen molar-refractivity contribution >= 4 is 21.9 Å². The van der Waals surface area contributed by atoms with Gasteiger partial charge in [-0.2, -0.15) is 0 Å². The highest BCUT2D eigenvalue weighted by atomic mass is 32.5. The number of aromatic carboxylic acids is 1. The molecule has 4 nitrogen and oxygen atoms in total. The van der Waals surface area contributed by atoms with E-state index in [0.29, 0.717) is 32.2 Å². The Morgan fingerprint density at radius 1 is 1.04 bits per heavy atom. The molecule has 1 aromatic rings. The second-order valence-corrected chi connectivity index (χ2v) is 7.69.